The molecule has 1 heterocycles. The number of hydrogen-bond donors (Lipinski definition) is 1. The minimum atomic E-state index is -0.374. The van der Waals surface area contributed by atoms with Crippen molar-refractivity contribution < 1.29 is 9.53 Å². The van der Waals surface area contributed by atoms with Crippen LogP contribution in [0.25, 0.3) is 11.4 Å². The molecule has 2 aromatic carbocycles. The molecule has 1 atom stereocenters. The highest BCUT2D eigenvalue weighted by atomic mass is 32.2. The molecule has 1 aromatic heterocycles. The van der Waals surface area contributed by atoms with Gasteiger partial charge in [-0.3, -0.25) is 9.36 Å². The zero-order valence-corrected chi connectivity index (χ0v) is 17.4. The number of carbonyl (C=O) groups excluding carboxylic acids is 1. The molecular weight excluding hydrogens is 384 g/mol. The van der Waals surface area contributed by atoms with Crippen LogP contribution in [-0.4, -0.2) is 32.5 Å². The molecule has 29 heavy (non-hydrogen) atoms. The molecular formula is C22H24N4O2S. The molecule has 0 unspecified atom stereocenters. The average Bonchev–Trinajstić information content (AvgIpc) is 3.13. The second-order valence-corrected chi connectivity index (χ2v) is 7.56. The topological polar surface area (TPSA) is 69.0 Å². The number of aromatic nitrogens is 3. The second kappa shape index (κ2) is 9.93. The van der Waals surface area contributed by atoms with Gasteiger partial charge in [-0.1, -0.05) is 60.3 Å². The zero-order valence-electron chi connectivity index (χ0n) is 16.5. The summed E-state index contributed by atoms with van der Waals surface area (Å²) in [6, 6.07) is 17.3. The number of nitrogens with one attached hydrogen (secondary N) is 1. The van der Waals surface area contributed by atoms with Crippen LogP contribution in [-0.2, 0) is 11.3 Å². The molecule has 0 saturated heterocycles. The number of anilines is 1. The number of allylic oxidation sites excluding steroid dienone is 1. The predicted molar refractivity (Wildman–Crippen MR) is 117 cm³/mol. The van der Waals surface area contributed by atoms with E-state index in [0.717, 1.165) is 11.4 Å². The predicted octanol–water partition coefficient (Wildman–Crippen LogP) is 4.65. The number of rotatable bonds is 9. The lowest BCUT2D eigenvalue weighted by Gasteiger charge is -2.15. The molecule has 0 aliphatic heterocycles. The van der Waals surface area contributed by atoms with Gasteiger partial charge in [0.25, 0.3) is 0 Å². The summed E-state index contributed by atoms with van der Waals surface area (Å²) in [6.07, 6.45) is 1.79. The first-order valence-corrected chi connectivity index (χ1v) is 10.3. The van der Waals surface area contributed by atoms with Crippen LogP contribution in [0.5, 0.6) is 5.75 Å². The number of thioether (sulfide) groups is 1. The lowest BCUT2D eigenvalue weighted by atomic mass is 10.2. The molecule has 0 bridgehead atoms. The van der Waals surface area contributed by atoms with Gasteiger partial charge in [-0.15, -0.1) is 16.8 Å². The van der Waals surface area contributed by atoms with Crippen LogP contribution in [0.15, 0.2) is 72.4 Å². The minimum Gasteiger partial charge on any atom is -0.492 e. The smallest absolute Gasteiger partial charge is 0.237 e. The molecule has 0 fully saturated rings. The van der Waals surface area contributed by atoms with E-state index in [1.165, 1.54) is 11.8 Å². The van der Waals surface area contributed by atoms with Crippen molar-refractivity contribution in [1.29, 1.82) is 0 Å². The van der Waals surface area contributed by atoms with Crippen molar-refractivity contribution >= 4 is 23.4 Å². The maximum atomic E-state index is 12.8. The summed E-state index contributed by atoms with van der Waals surface area (Å²) < 4.78 is 7.54. The molecule has 0 saturated carbocycles. The Morgan fingerprint density at radius 3 is 2.66 bits per heavy atom. The lowest BCUT2D eigenvalue weighted by Crippen LogP contribution is -2.23. The van der Waals surface area contributed by atoms with E-state index in [1.807, 2.05) is 73.0 Å². The average molecular weight is 409 g/mol. The third-order valence-electron chi connectivity index (χ3n) is 4.16. The Morgan fingerprint density at radius 2 is 1.93 bits per heavy atom. The van der Waals surface area contributed by atoms with Gasteiger partial charge in [-0.2, -0.15) is 0 Å². The molecule has 0 aliphatic carbocycles. The molecule has 6 nitrogen and oxygen atoms in total. The highest BCUT2D eigenvalue weighted by Crippen LogP contribution is 2.29. The van der Waals surface area contributed by atoms with Crippen LogP contribution < -0.4 is 10.1 Å². The summed E-state index contributed by atoms with van der Waals surface area (Å²) in [5, 5.41) is 11.9. The van der Waals surface area contributed by atoms with Gasteiger partial charge in [0.1, 0.15) is 5.75 Å². The van der Waals surface area contributed by atoms with Crippen molar-refractivity contribution in [2.45, 2.75) is 30.8 Å². The van der Waals surface area contributed by atoms with Crippen LogP contribution in [0.3, 0.4) is 0 Å². The summed E-state index contributed by atoms with van der Waals surface area (Å²) >= 11 is 1.36. The summed E-state index contributed by atoms with van der Waals surface area (Å²) in [7, 11) is 0. The van der Waals surface area contributed by atoms with E-state index in [2.05, 4.69) is 22.1 Å². The molecule has 0 radical (unpaired) electrons. The minimum absolute atomic E-state index is 0.128. The number of nitrogens with zero attached hydrogens (tertiary/aromatic N) is 3. The monoisotopic (exact) mass is 408 g/mol. The van der Waals surface area contributed by atoms with Gasteiger partial charge in [0.2, 0.25) is 5.91 Å². The van der Waals surface area contributed by atoms with Gasteiger partial charge in [0, 0.05) is 12.1 Å². The molecule has 0 aliphatic rings. The van der Waals surface area contributed by atoms with Crippen molar-refractivity contribution in [3.63, 3.8) is 0 Å². The van der Waals surface area contributed by atoms with E-state index in [9.17, 15) is 4.79 Å². The summed E-state index contributed by atoms with van der Waals surface area (Å²) in [4.78, 5) is 12.8. The fourth-order valence-electron chi connectivity index (χ4n) is 2.77. The van der Waals surface area contributed by atoms with Crippen LogP contribution >= 0.6 is 11.8 Å². The Bertz CT molecular complexity index is 972. The Hall–Kier alpha value is -3.06. The molecule has 3 aromatic rings. The maximum Gasteiger partial charge on any atom is 0.237 e. The van der Waals surface area contributed by atoms with Crippen LogP contribution in [0.2, 0.25) is 0 Å². The Labute approximate surface area is 175 Å². The number of carbonyl (C=O) groups is 1. The van der Waals surface area contributed by atoms with Gasteiger partial charge in [0.05, 0.1) is 17.5 Å². The fourth-order valence-corrected chi connectivity index (χ4v) is 3.63. The zero-order chi connectivity index (χ0) is 20.6. The summed E-state index contributed by atoms with van der Waals surface area (Å²) in [5.41, 5.74) is 1.63. The fraction of sp³-hybridized carbons (Fsp3) is 0.227. The van der Waals surface area contributed by atoms with E-state index < -0.39 is 0 Å². The first-order chi connectivity index (χ1) is 14.1. The third-order valence-corrected chi connectivity index (χ3v) is 5.24. The Morgan fingerprint density at radius 1 is 1.21 bits per heavy atom. The molecule has 1 amide bonds. The highest BCUT2D eigenvalue weighted by molar-refractivity contribution is 8.00. The van der Waals surface area contributed by atoms with Gasteiger partial charge < -0.3 is 10.1 Å². The number of hydrogen-bond acceptors (Lipinski definition) is 5. The van der Waals surface area contributed by atoms with Gasteiger partial charge in [0.15, 0.2) is 11.0 Å². The first-order valence-electron chi connectivity index (χ1n) is 9.43. The number of para-hydroxylation sites is 2. The summed E-state index contributed by atoms with van der Waals surface area (Å²) in [5.74, 6) is 1.28. The van der Waals surface area contributed by atoms with Gasteiger partial charge in [-0.05, 0) is 26.0 Å². The largest absolute Gasteiger partial charge is 0.492 e. The second-order valence-electron chi connectivity index (χ2n) is 6.25. The van der Waals surface area contributed by atoms with Crippen molar-refractivity contribution in [2.24, 2.45) is 0 Å². The van der Waals surface area contributed by atoms with Crippen molar-refractivity contribution in [3.05, 3.63) is 67.3 Å². The molecule has 0 spiro atoms. The Kier molecular flexibility index (Phi) is 7.08. The SMILES string of the molecule is C=CCn1c(S[C@@H](C)C(=O)Nc2ccccc2OCC)nnc1-c1ccccc1. The van der Waals surface area contributed by atoms with E-state index >= 15 is 0 Å². The number of ether oxygens (including phenoxy) is 1. The van der Waals surface area contributed by atoms with Gasteiger partial charge in [-0.25, -0.2) is 0 Å². The molecule has 1 N–H and O–H groups in total. The standard InChI is InChI=1S/C22H24N4O2S/c1-4-15-26-20(17-11-7-6-8-12-17)24-25-22(26)29-16(3)21(27)23-18-13-9-10-14-19(18)28-5-2/h4,6-14,16H,1,5,15H2,2-3H3,(H,23,27)/t16-/m0/s1. The van der Waals surface area contributed by atoms with Crippen molar-refractivity contribution in [2.75, 3.05) is 11.9 Å². The van der Waals surface area contributed by atoms with Crippen LogP contribution in [0, 0.1) is 0 Å². The van der Waals surface area contributed by atoms with Crippen LogP contribution in [0.4, 0.5) is 5.69 Å². The van der Waals surface area contributed by atoms with E-state index in [1.54, 1.807) is 6.08 Å². The van der Waals surface area contributed by atoms with Crippen molar-refractivity contribution in [3.8, 4) is 17.1 Å². The third kappa shape index (κ3) is 5.06. The maximum absolute atomic E-state index is 12.8. The normalized spacial score (nSPS) is 11.7. The summed E-state index contributed by atoms with van der Waals surface area (Å²) in [6.45, 7) is 8.67. The van der Waals surface area contributed by atoms with Crippen molar-refractivity contribution in [1.82, 2.24) is 14.8 Å². The van der Waals surface area contributed by atoms with E-state index in [0.29, 0.717) is 29.7 Å². The quantitative estimate of drug-likeness (QED) is 0.412. The first kappa shape index (κ1) is 20.7. The lowest BCUT2D eigenvalue weighted by molar-refractivity contribution is -0.115. The van der Waals surface area contributed by atoms with E-state index in [4.69, 9.17) is 4.74 Å². The van der Waals surface area contributed by atoms with Gasteiger partial charge >= 0.3 is 0 Å². The van der Waals surface area contributed by atoms with E-state index in [-0.39, 0.29) is 11.2 Å². The molecule has 150 valence electrons. The number of benzene rings is 2. The van der Waals surface area contributed by atoms with Crippen LogP contribution in [0.1, 0.15) is 13.8 Å². The highest BCUT2D eigenvalue weighted by Gasteiger charge is 2.21. The number of amides is 1. The molecule has 7 heteroatoms. The molecule has 3 rings (SSSR count). The Balaban J connectivity index is 1.77.